The Labute approximate surface area is 120 Å². The molecule has 1 fully saturated rings. The van der Waals surface area contributed by atoms with Gasteiger partial charge in [-0.25, -0.2) is 4.98 Å². The van der Waals surface area contributed by atoms with E-state index in [2.05, 4.69) is 10.3 Å². The van der Waals surface area contributed by atoms with E-state index in [0.717, 1.165) is 26.2 Å². The van der Waals surface area contributed by atoms with E-state index in [0.29, 0.717) is 10.0 Å². The molecule has 2 heterocycles. The van der Waals surface area contributed by atoms with Crippen LogP contribution in [0.3, 0.4) is 0 Å². The highest BCUT2D eigenvalue weighted by molar-refractivity contribution is 7.16. The van der Waals surface area contributed by atoms with E-state index >= 15 is 0 Å². The van der Waals surface area contributed by atoms with Crippen LogP contribution >= 0.6 is 22.9 Å². The standard InChI is InChI=1S/C11H14ClN5OS/c1-16(11-15-10(12)8(6-13)19-11)7-9(18)17-4-2-14-3-5-17/h14H,2-5,7H2,1H3. The molecule has 0 aliphatic carbocycles. The fourth-order valence-electron chi connectivity index (χ4n) is 1.81. The Hall–Kier alpha value is -1.36. The molecule has 8 heteroatoms. The SMILES string of the molecule is CN(CC(=O)N1CCNCC1)c1nc(Cl)c(C#N)s1. The number of nitrogens with one attached hydrogen (secondary N) is 1. The molecule has 1 aromatic heterocycles. The third kappa shape index (κ3) is 3.35. The molecule has 0 aromatic carbocycles. The van der Waals surface area contributed by atoms with Crippen LogP contribution in [-0.2, 0) is 4.79 Å². The maximum Gasteiger partial charge on any atom is 0.242 e. The quantitative estimate of drug-likeness (QED) is 0.882. The van der Waals surface area contributed by atoms with E-state index in [-0.39, 0.29) is 17.6 Å². The third-order valence-corrected chi connectivity index (χ3v) is 4.30. The molecule has 0 spiro atoms. The molecule has 19 heavy (non-hydrogen) atoms. The van der Waals surface area contributed by atoms with Gasteiger partial charge < -0.3 is 15.1 Å². The summed E-state index contributed by atoms with van der Waals surface area (Å²) >= 11 is 7.02. The lowest BCUT2D eigenvalue weighted by Gasteiger charge is -2.29. The second-order valence-corrected chi connectivity index (χ2v) is 5.55. The van der Waals surface area contributed by atoms with Crippen LogP contribution in [0.1, 0.15) is 4.88 Å². The van der Waals surface area contributed by atoms with Gasteiger partial charge in [-0.1, -0.05) is 22.9 Å². The summed E-state index contributed by atoms with van der Waals surface area (Å²) in [6.45, 7) is 3.37. The highest BCUT2D eigenvalue weighted by atomic mass is 35.5. The molecule has 1 aliphatic heterocycles. The number of nitrogens with zero attached hydrogens (tertiary/aromatic N) is 4. The first-order chi connectivity index (χ1) is 9.11. The van der Waals surface area contributed by atoms with Crippen molar-refractivity contribution in [1.29, 1.82) is 5.26 Å². The van der Waals surface area contributed by atoms with Crippen LogP contribution in [0.5, 0.6) is 0 Å². The number of rotatable bonds is 3. The summed E-state index contributed by atoms with van der Waals surface area (Å²) in [5.74, 6) is 0.0637. The molecule has 2 rings (SSSR count). The minimum absolute atomic E-state index is 0.0637. The van der Waals surface area contributed by atoms with Gasteiger partial charge in [-0.2, -0.15) is 5.26 Å². The first-order valence-corrected chi connectivity index (χ1v) is 7.07. The van der Waals surface area contributed by atoms with Crippen molar-refractivity contribution in [1.82, 2.24) is 15.2 Å². The molecule has 1 aromatic rings. The number of amides is 1. The van der Waals surface area contributed by atoms with E-state index in [1.54, 1.807) is 11.9 Å². The van der Waals surface area contributed by atoms with E-state index in [9.17, 15) is 4.79 Å². The summed E-state index contributed by atoms with van der Waals surface area (Å²) in [7, 11) is 1.77. The Bertz CT molecular complexity index is 506. The predicted octanol–water partition coefficient (Wildman–Crippen LogP) is 0.536. The Morgan fingerprint density at radius 1 is 1.63 bits per heavy atom. The summed E-state index contributed by atoms with van der Waals surface area (Å²) in [5.41, 5.74) is 0. The highest BCUT2D eigenvalue weighted by Gasteiger charge is 2.20. The van der Waals surface area contributed by atoms with Gasteiger partial charge >= 0.3 is 0 Å². The van der Waals surface area contributed by atoms with Crippen LogP contribution in [0.2, 0.25) is 5.15 Å². The molecule has 102 valence electrons. The maximum absolute atomic E-state index is 12.1. The lowest BCUT2D eigenvalue weighted by Crippen LogP contribution is -2.49. The number of hydrogen-bond acceptors (Lipinski definition) is 6. The fourth-order valence-corrected chi connectivity index (χ4v) is 2.81. The Kier molecular flexibility index (Phi) is 4.58. The smallest absolute Gasteiger partial charge is 0.242 e. The van der Waals surface area contributed by atoms with Gasteiger partial charge in [0.2, 0.25) is 5.91 Å². The second-order valence-electron chi connectivity index (χ2n) is 4.22. The van der Waals surface area contributed by atoms with Crippen LogP contribution in [0, 0.1) is 11.3 Å². The third-order valence-electron chi connectivity index (χ3n) is 2.84. The topological polar surface area (TPSA) is 72.3 Å². The molecule has 1 N–H and O–H groups in total. The lowest BCUT2D eigenvalue weighted by atomic mass is 10.3. The second kappa shape index (κ2) is 6.19. The zero-order valence-electron chi connectivity index (χ0n) is 10.5. The number of likely N-dealkylation sites (N-methyl/N-ethyl adjacent to an activating group) is 1. The minimum Gasteiger partial charge on any atom is -0.342 e. The van der Waals surface area contributed by atoms with Gasteiger partial charge in [0.15, 0.2) is 10.3 Å². The predicted molar refractivity (Wildman–Crippen MR) is 74.6 cm³/mol. The zero-order chi connectivity index (χ0) is 13.8. The van der Waals surface area contributed by atoms with Crippen molar-refractivity contribution in [2.24, 2.45) is 0 Å². The molecule has 1 amide bonds. The zero-order valence-corrected chi connectivity index (χ0v) is 12.1. The molecule has 1 aliphatic rings. The molecule has 0 radical (unpaired) electrons. The fraction of sp³-hybridized carbons (Fsp3) is 0.545. The molecule has 0 atom stereocenters. The first-order valence-electron chi connectivity index (χ1n) is 5.88. The monoisotopic (exact) mass is 299 g/mol. The number of halogens is 1. The van der Waals surface area contributed by atoms with E-state index < -0.39 is 0 Å². The van der Waals surface area contributed by atoms with Crippen molar-refractivity contribution < 1.29 is 4.79 Å². The molecule has 0 unspecified atom stereocenters. The van der Waals surface area contributed by atoms with Crippen LogP contribution in [-0.4, -0.2) is 55.6 Å². The van der Waals surface area contributed by atoms with Crippen molar-refractivity contribution in [3.05, 3.63) is 10.0 Å². The summed E-state index contributed by atoms with van der Waals surface area (Å²) in [6, 6.07) is 1.98. The minimum atomic E-state index is 0.0637. The highest BCUT2D eigenvalue weighted by Crippen LogP contribution is 2.28. The number of aromatic nitrogens is 1. The molecular formula is C11H14ClN5OS. The van der Waals surface area contributed by atoms with E-state index in [1.165, 1.54) is 11.3 Å². The van der Waals surface area contributed by atoms with Gasteiger partial charge in [-0.15, -0.1) is 0 Å². The number of carbonyl (C=O) groups excluding carboxylic acids is 1. The average Bonchev–Trinajstić information content (AvgIpc) is 2.81. The number of anilines is 1. The Morgan fingerprint density at radius 2 is 2.32 bits per heavy atom. The number of hydrogen-bond donors (Lipinski definition) is 1. The van der Waals surface area contributed by atoms with Gasteiger partial charge in [0.25, 0.3) is 0 Å². The summed E-state index contributed by atoms with van der Waals surface area (Å²) in [6.07, 6.45) is 0. The molecular weight excluding hydrogens is 286 g/mol. The molecule has 1 saturated heterocycles. The number of carbonyl (C=O) groups is 1. The maximum atomic E-state index is 12.1. The van der Waals surface area contributed by atoms with Crippen molar-refractivity contribution >= 4 is 34.0 Å². The number of piperazine rings is 1. The molecule has 6 nitrogen and oxygen atoms in total. The summed E-state index contributed by atoms with van der Waals surface area (Å²) in [5, 5.41) is 12.8. The largest absolute Gasteiger partial charge is 0.342 e. The molecule has 0 saturated carbocycles. The Morgan fingerprint density at radius 3 is 2.89 bits per heavy atom. The van der Waals surface area contributed by atoms with Crippen molar-refractivity contribution in [2.45, 2.75) is 0 Å². The van der Waals surface area contributed by atoms with Crippen LogP contribution in [0.25, 0.3) is 0 Å². The first kappa shape index (κ1) is 14.1. The average molecular weight is 300 g/mol. The van der Waals surface area contributed by atoms with E-state index in [1.807, 2.05) is 11.0 Å². The van der Waals surface area contributed by atoms with Gasteiger partial charge in [-0.3, -0.25) is 4.79 Å². The summed E-state index contributed by atoms with van der Waals surface area (Å²) < 4.78 is 0. The van der Waals surface area contributed by atoms with Crippen molar-refractivity contribution in [3.63, 3.8) is 0 Å². The number of nitriles is 1. The number of thiazole rings is 1. The van der Waals surface area contributed by atoms with Crippen LogP contribution in [0.4, 0.5) is 5.13 Å². The lowest BCUT2D eigenvalue weighted by molar-refractivity contribution is -0.130. The van der Waals surface area contributed by atoms with Gasteiger partial charge in [0, 0.05) is 33.2 Å². The van der Waals surface area contributed by atoms with Crippen molar-refractivity contribution in [2.75, 3.05) is 44.7 Å². The summed E-state index contributed by atoms with van der Waals surface area (Å²) in [4.78, 5) is 20.1. The normalized spacial score (nSPS) is 15.1. The van der Waals surface area contributed by atoms with Crippen LogP contribution < -0.4 is 10.2 Å². The van der Waals surface area contributed by atoms with Gasteiger partial charge in [0.05, 0.1) is 6.54 Å². The van der Waals surface area contributed by atoms with E-state index in [4.69, 9.17) is 16.9 Å². The molecule has 0 bridgehead atoms. The van der Waals surface area contributed by atoms with Gasteiger partial charge in [-0.05, 0) is 0 Å². The van der Waals surface area contributed by atoms with Crippen LogP contribution in [0.15, 0.2) is 0 Å². The van der Waals surface area contributed by atoms with Gasteiger partial charge in [0.1, 0.15) is 10.9 Å². The van der Waals surface area contributed by atoms with Crippen molar-refractivity contribution in [3.8, 4) is 6.07 Å². The Balaban J connectivity index is 1.97.